The maximum atomic E-state index is 12.7. The van der Waals surface area contributed by atoms with Gasteiger partial charge in [0.1, 0.15) is 9.88 Å². The molecule has 1 amide bonds. The molecule has 1 fully saturated rings. The molecule has 1 unspecified atom stereocenters. The van der Waals surface area contributed by atoms with Gasteiger partial charge >= 0.3 is 0 Å². The minimum absolute atomic E-state index is 0. The predicted octanol–water partition coefficient (Wildman–Crippen LogP) is 3.16. The predicted molar refractivity (Wildman–Crippen MR) is 103 cm³/mol. The van der Waals surface area contributed by atoms with E-state index in [0.717, 1.165) is 48.0 Å². The van der Waals surface area contributed by atoms with Gasteiger partial charge in [-0.1, -0.05) is 0 Å². The average Bonchev–Trinajstić information content (AvgIpc) is 3.29. The van der Waals surface area contributed by atoms with E-state index in [9.17, 15) is 4.79 Å². The van der Waals surface area contributed by atoms with E-state index in [4.69, 9.17) is 15.2 Å². The highest BCUT2D eigenvalue weighted by Gasteiger charge is 2.26. The molecule has 1 aromatic heterocycles. The third-order valence-electron chi connectivity index (χ3n) is 4.91. The highest BCUT2D eigenvalue weighted by Crippen LogP contribution is 2.37. The van der Waals surface area contributed by atoms with Crippen LogP contribution in [0, 0.1) is 5.92 Å². The molecule has 140 valence electrons. The van der Waals surface area contributed by atoms with E-state index in [1.807, 2.05) is 30.0 Å². The van der Waals surface area contributed by atoms with Gasteiger partial charge in [-0.05, 0) is 43.9 Å². The summed E-state index contributed by atoms with van der Waals surface area (Å²) in [6, 6.07) is 5.91. The second-order valence-electron chi connectivity index (χ2n) is 6.59. The van der Waals surface area contributed by atoms with Crippen LogP contribution < -0.4 is 15.2 Å². The average molecular weight is 396 g/mol. The molecule has 1 saturated heterocycles. The van der Waals surface area contributed by atoms with Crippen LogP contribution in [0.5, 0.6) is 11.5 Å². The van der Waals surface area contributed by atoms with Crippen LogP contribution in [0.25, 0.3) is 10.6 Å². The van der Waals surface area contributed by atoms with E-state index in [1.54, 1.807) is 6.20 Å². The SMILES string of the molecule is CC(N)C1CCN(C(=O)c2cnc(-c3ccc4c(c3)OCO4)s2)CC1.Cl. The van der Waals surface area contributed by atoms with Gasteiger partial charge in [-0.3, -0.25) is 4.79 Å². The van der Waals surface area contributed by atoms with Crippen LogP contribution in [0.15, 0.2) is 24.4 Å². The lowest BCUT2D eigenvalue weighted by Gasteiger charge is -2.33. The van der Waals surface area contributed by atoms with Gasteiger partial charge in [-0.2, -0.15) is 0 Å². The number of rotatable bonds is 3. The Morgan fingerprint density at radius 2 is 2.04 bits per heavy atom. The fourth-order valence-corrected chi connectivity index (χ4v) is 4.20. The molecule has 26 heavy (non-hydrogen) atoms. The highest BCUT2D eigenvalue weighted by molar-refractivity contribution is 7.16. The zero-order valence-electron chi connectivity index (χ0n) is 14.5. The smallest absolute Gasteiger partial charge is 0.265 e. The van der Waals surface area contributed by atoms with Crippen LogP contribution in [-0.2, 0) is 0 Å². The topological polar surface area (TPSA) is 77.7 Å². The summed E-state index contributed by atoms with van der Waals surface area (Å²) in [5.41, 5.74) is 6.91. The van der Waals surface area contributed by atoms with E-state index in [2.05, 4.69) is 4.98 Å². The molecule has 8 heteroatoms. The summed E-state index contributed by atoms with van der Waals surface area (Å²) in [7, 11) is 0. The molecular weight excluding hydrogens is 374 g/mol. The Morgan fingerprint density at radius 1 is 1.31 bits per heavy atom. The number of halogens is 1. The van der Waals surface area contributed by atoms with Gasteiger partial charge in [0.25, 0.3) is 5.91 Å². The molecular formula is C18H22ClN3O3S. The van der Waals surface area contributed by atoms with Crippen molar-refractivity contribution in [2.75, 3.05) is 19.9 Å². The van der Waals surface area contributed by atoms with Crippen molar-refractivity contribution in [3.63, 3.8) is 0 Å². The second kappa shape index (κ2) is 7.82. The number of ether oxygens (including phenoxy) is 2. The van der Waals surface area contributed by atoms with Crippen LogP contribution in [0.1, 0.15) is 29.4 Å². The van der Waals surface area contributed by atoms with Crippen LogP contribution >= 0.6 is 23.7 Å². The Hall–Kier alpha value is -1.83. The van der Waals surface area contributed by atoms with Crippen molar-refractivity contribution in [1.82, 2.24) is 9.88 Å². The van der Waals surface area contributed by atoms with E-state index in [-0.39, 0.29) is 31.1 Å². The van der Waals surface area contributed by atoms with Crippen LogP contribution in [0.2, 0.25) is 0 Å². The number of aromatic nitrogens is 1. The summed E-state index contributed by atoms with van der Waals surface area (Å²) < 4.78 is 10.7. The molecule has 0 spiro atoms. The number of carbonyl (C=O) groups is 1. The number of hydrogen-bond donors (Lipinski definition) is 1. The molecule has 3 heterocycles. The maximum absolute atomic E-state index is 12.7. The lowest BCUT2D eigenvalue weighted by atomic mass is 9.91. The van der Waals surface area contributed by atoms with Gasteiger partial charge in [0.05, 0.1) is 6.20 Å². The zero-order valence-corrected chi connectivity index (χ0v) is 16.1. The van der Waals surface area contributed by atoms with Crippen molar-refractivity contribution in [1.29, 1.82) is 0 Å². The van der Waals surface area contributed by atoms with E-state index in [0.29, 0.717) is 10.8 Å². The summed E-state index contributed by atoms with van der Waals surface area (Å²) in [6.45, 7) is 3.82. The molecule has 1 aromatic carbocycles. The Kier molecular flexibility index (Phi) is 5.70. The minimum Gasteiger partial charge on any atom is -0.454 e. The number of likely N-dealkylation sites (tertiary alicyclic amines) is 1. The van der Waals surface area contributed by atoms with Gasteiger partial charge in [0, 0.05) is 24.7 Å². The molecule has 2 N–H and O–H groups in total. The molecule has 0 saturated carbocycles. The van der Waals surface area contributed by atoms with Gasteiger partial charge in [-0.25, -0.2) is 4.98 Å². The first-order chi connectivity index (χ1) is 12.1. The zero-order chi connectivity index (χ0) is 17.4. The number of fused-ring (bicyclic) bond motifs is 1. The Bertz CT molecular complexity index is 788. The second-order valence-corrected chi connectivity index (χ2v) is 7.62. The van der Waals surface area contributed by atoms with Gasteiger partial charge in [-0.15, -0.1) is 23.7 Å². The molecule has 1 atom stereocenters. The van der Waals surface area contributed by atoms with Crippen molar-refractivity contribution in [3.05, 3.63) is 29.3 Å². The third kappa shape index (κ3) is 3.65. The Balaban J connectivity index is 0.00000196. The number of nitrogens with two attached hydrogens (primary N) is 1. The molecule has 0 bridgehead atoms. The van der Waals surface area contributed by atoms with Gasteiger partial charge in [0.15, 0.2) is 11.5 Å². The molecule has 2 aromatic rings. The van der Waals surface area contributed by atoms with E-state index >= 15 is 0 Å². The fourth-order valence-electron chi connectivity index (χ4n) is 3.32. The van der Waals surface area contributed by atoms with Gasteiger partial charge < -0.3 is 20.1 Å². The minimum atomic E-state index is 0. The number of thiazole rings is 1. The maximum Gasteiger partial charge on any atom is 0.265 e. The van der Waals surface area contributed by atoms with Crippen LogP contribution in [0.3, 0.4) is 0 Å². The van der Waals surface area contributed by atoms with Crippen molar-refractivity contribution in [2.45, 2.75) is 25.8 Å². The van der Waals surface area contributed by atoms with Crippen LogP contribution in [0.4, 0.5) is 0 Å². The van der Waals surface area contributed by atoms with Crippen molar-refractivity contribution in [3.8, 4) is 22.1 Å². The number of carbonyl (C=O) groups excluding carboxylic acids is 1. The Labute approximate surface area is 162 Å². The normalized spacial score (nSPS) is 17.7. The first-order valence-electron chi connectivity index (χ1n) is 8.52. The Morgan fingerprint density at radius 3 is 2.77 bits per heavy atom. The molecule has 2 aliphatic heterocycles. The number of hydrogen-bond acceptors (Lipinski definition) is 6. The first kappa shape index (κ1) is 18.9. The molecule has 4 rings (SSSR count). The first-order valence-corrected chi connectivity index (χ1v) is 9.34. The quantitative estimate of drug-likeness (QED) is 0.863. The highest BCUT2D eigenvalue weighted by atomic mass is 35.5. The molecule has 6 nitrogen and oxygen atoms in total. The van der Waals surface area contributed by atoms with Crippen molar-refractivity contribution < 1.29 is 14.3 Å². The van der Waals surface area contributed by atoms with E-state index < -0.39 is 0 Å². The summed E-state index contributed by atoms with van der Waals surface area (Å²) in [6.07, 6.45) is 3.61. The molecule has 0 radical (unpaired) electrons. The van der Waals surface area contributed by atoms with Crippen molar-refractivity contribution in [2.24, 2.45) is 11.7 Å². The number of amides is 1. The monoisotopic (exact) mass is 395 g/mol. The molecule has 0 aliphatic carbocycles. The lowest BCUT2D eigenvalue weighted by Crippen LogP contribution is -2.42. The number of nitrogens with zero attached hydrogens (tertiary/aromatic N) is 2. The lowest BCUT2D eigenvalue weighted by molar-refractivity contribution is 0.0685. The van der Waals surface area contributed by atoms with Gasteiger partial charge in [0.2, 0.25) is 6.79 Å². The van der Waals surface area contributed by atoms with Crippen molar-refractivity contribution >= 4 is 29.7 Å². The number of piperidine rings is 1. The fraction of sp³-hybridized carbons (Fsp3) is 0.444. The summed E-state index contributed by atoms with van der Waals surface area (Å²) in [5, 5.41) is 0.812. The largest absolute Gasteiger partial charge is 0.454 e. The van der Waals surface area contributed by atoms with Crippen LogP contribution in [-0.4, -0.2) is 41.7 Å². The standard InChI is InChI=1S/C18H21N3O3S.ClH/c1-11(19)12-4-6-21(7-5-12)18(22)16-9-20-17(25-16)13-2-3-14-15(8-13)24-10-23-14;/h2-3,8-9,11-12H,4-7,10,19H2,1H3;1H. The number of benzene rings is 1. The summed E-state index contributed by atoms with van der Waals surface area (Å²) in [5.74, 6) is 2.04. The third-order valence-corrected chi connectivity index (χ3v) is 5.94. The molecule has 2 aliphatic rings. The summed E-state index contributed by atoms with van der Waals surface area (Å²) in [4.78, 5) is 19.7. The van der Waals surface area contributed by atoms with E-state index in [1.165, 1.54) is 11.3 Å². The summed E-state index contributed by atoms with van der Waals surface area (Å²) >= 11 is 1.42.